The maximum Gasteiger partial charge on any atom is 0.145 e. The zero-order valence-electron chi connectivity index (χ0n) is 8.18. The second kappa shape index (κ2) is 3.75. The summed E-state index contributed by atoms with van der Waals surface area (Å²) in [5, 5.41) is 7.38. The molecule has 0 spiro atoms. The molecular weight excluding hydrogens is 198 g/mol. The first-order valence-corrected chi connectivity index (χ1v) is 5.17. The molecule has 2 N–H and O–H groups in total. The van der Waals surface area contributed by atoms with Crippen LogP contribution in [-0.2, 0) is 0 Å². The third kappa shape index (κ3) is 1.99. The predicted molar refractivity (Wildman–Crippen MR) is 58.8 cm³/mol. The molecule has 0 aromatic carbocycles. The van der Waals surface area contributed by atoms with Crippen molar-refractivity contribution in [3.8, 4) is 0 Å². The molecule has 2 heterocycles. The maximum atomic E-state index is 6.02. The highest BCUT2D eigenvalue weighted by Crippen LogP contribution is 2.24. The van der Waals surface area contributed by atoms with Gasteiger partial charge in [0.05, 0.1) is 5.02 Å². The molecule has 1 aliphatic heterocycles. The lowest BCUT2D eigenvalue weighted by Crippen LogP contribution is -2.37. The van der Waals surface area contributed by atoms with Crippen LogP contribution in [-0.4, -0.2) is 23.6 Å². The normalized spacial score (nSPS) is 26.4. The fourth-order valence-electron chi connectivity index (χ4n) is 1.69. The van der Waals surface area contributed by atoms with Crippen LogP contribution in [0, 0.1) is 0 Å². The van der Waals surface area contributed by atoms with Crippen molar-refractivity contribution in [3.63, 3.8) is 0 Å². The molecule has 76 valence electrons. The van der Waals surface area contributed by atoms with Gasteiger partial charge in [-0.05, 0) is 32.0 Å². The number of anilines is 1. The summed E-state index contributed by atoms with van der Waals surface area (Å²) in [6, 6.07) is 3.69. The summed E-state index contributed by atoms with van der Waals surface area (Å²) in [6.07, 6.45) is 2.85. The summed E-state index contributed by atoms with van der Waals surface area (Å²) in [5.41, 5.74) is 0.0813. The van der Waals surface area contributed by atoms with Crippen LogP contribution in [0.1, 0.15) is 13.3 Å². The first kappa shape index (κ1) is 9.74. The molecule has 1 aliphatic rings. The van der Waals surface area contributed by atoms with E-state index in [4.69, 9.17) is 11.6 Å². The van der Waals surface area contributed by atoms with E-state index in [9.17, 15) is 0 Å². The first-order valence-electron chi connectivity index (χ1n) is 4.79. The molecule has 4 heteroatoms. The lowest BCUT2D eigenvalue weighted by molar-refractivity contribution is 0.564. The fraction of sp³-hybridized carbons (Fsp3) is 0.500. The van der Waals surface area contributed by atoms with Crippen LogP contribution in [0.15, 0.2) is 18.3 Å². The molecule has 0 aliphatic carbocycles. The molecule has 1 fully saturated rings. The van der Waals surface area contributed by atoms with E-state index in [1.54, 1.807) is 6.20 Å². The number of hydrogen-bond donors (Lipinski definition) is 2. The van der Waals surface area contributed by atoms with Gasteiger partial charge in [0.1, 0.15) is 5.82 Å². The Bertz CT molecular complexity index is 321. The van der Waals surface area contributed by atoms with Crippen molar-refractivity contribution in [2.75, 3.05) is 18.4 Å². The Kier molecular flexibility index (Phi) is 2.61. The molecular formula is C10H14ClN3. The van der Waals surface area contributed by atoms with Crippen molar-refractivity contribution >= 4 is 17.4 Å². The molecule has 1 saturated heterocycles. The molecule has 2 rings (SSSR count). The van der Waals surface area contributed by atoms with E-state index in [0.29, 0.717) is 5.02 Å². The summed E-state index contributed by atoms with van der Waals surface area (Å²) in [7, 11) is 0. The van der Waals surface area contributed by atoms with Gasteiger partial charge in [-0.15, -0.1) is 0 Å². The van der Waals surface area contributed by atoms with Gasteiger partial charge in [-0.25, -0.2) is 4.98 Å². The Balaban J connectivity index is 2.14. The molecule has 1 aromatic rings. The van der Waals surface area contributed by atoms with Crippen molar-refractivity contribution in [2.24, 2.45) is 0 Å². The molecule has 1 unspecified atom stereocenters. The number of nitrogens with one attached hydrogen (secondary N) is 2. The number of rotatable bonds is 2. The number of nitrogens with zero attached hydrogens (tertiary/aromatic N) is 1. The minimum absolute atomic E-state index is 0.0813. The van der Waals surface area contributed by atoms with Crippen molar-refractivity contribution in [1.82, 2.24) is 10.3 Å². The molecule has 0 radical (unpaired) electrons. The van der Waals surface area contributed by atoms with E-state index in [0.717, 1.165) is 25.3 Å². The quantitative estimate of drug-likeness (QED) is 0.785. The second-order valence-electron chi connectivity index (χ2n) is 3.95. The van der Waals surface area contributed by atoms with Crippen molar-refractivity contribution in [1.29, 1.82) is 0 Å². The Hall–Kier alpha value is -0.800. The summed E-state index contributed by atoms with van der Waals surface area (Å²) >= 11 is 6.02. The second-order valence-corrected chi connectivity index (χ2v) is 4.35. The van der Waals surface area contributed by atoms with Gasteiger partial charge in [0.15, 0.2) is 0 Å². The van der Waals surface area contributed by atoms with E-state index < -0.39 is 0 Å². The van der Waals surface area contributed by atoms with Crippen LogP contribution < -0.4 is 10.6 Å². The van der Waals surface area contributed by atoms with Crippen LogP contribution in [0.2, 0.25) is 5.02 Å². The maximum absolute atomic E-state index is 6.02. The summed E-state index contributed by atoms with van der Waals surface area (Å²) < 4.78 is 0. The highest BCUT2D eigenvalue weighted by atomic mass is 35.5. The Labute approximate surface area is 88.9 Å². The SMILES string of the molecule is CC1(Nc2ncccc2Cl)CCNC1. The molecule has 0 amide bonds. The van der Waals surface area contributed by atoms with Gasteiger partial charge in [0.25, 0.3) is 0 Å². The molecule has 1 aromatic heterocycles. The lowest BCUT2D eigenvalue weighted by atomic mass is 10.0. The minimum Gasteiger partial charge on any atom is -0.362 e. The molecule has 14 heavy (non-hydrogen) atoms. The minimum atomic E-state index is 0.0813. The summed E-state index contributed by atoms with van der Waals surface area (Å²) in [6.45, 7) is 4.19. The summed E-state index contributed by atoms with van der Waals surface area (Å²) in [5.74, 6) is 0.778. The van der Waals surface area contributed by atoms with Crippen LogP contribution >= 0.6 is 11.6 Å². The Morgan fingerprint density at radius 2 is 2.50 bits per heavy atom. The summed E-state index contributed by atoms with van der Waals surface area (Å²) in [4.78, 5) is 4.22. The van der Waals surface area contributed by atoms with Crippen molar-refractivity contribution < 1.29 is 0 Å². The average Bonchev–Trinajstić information content (AvgIpc) is 2.57. The number of aromatic nitrogens is 1. The predicted octanol–water partition coefficient (Wildman–Crippen LogP) is 1.90. The number of hydrogen-bond acceptors (Lipinski definition) is 3. The van der Waals surface area contributed by atoms with E-state index in [2.05, 4.69) is 22.5 Å². The van der Waals surface area contributed by atoms with E-state index >= 15 is 0 Å². The van der Waals surface area contributed by atoms with Gasteiger partial charge in [0.2, 0.25) is 0 Å². The largest absolute Gasteiger partial charge is 0.362 e. The number of pyridine rings is 1. The fourth-order valence-corrected chi connectivity index (χ4v) is 1.86. The van der Waals surface area contributed by atoms with E-state index in [-0.39, 0.29) is 5.54 Å². The van der Waals surface area contributed by atoms with Crippen LogP contribution in [0.5, 0.6) is 0 Å². The molecule has 3 nitrogen and oxygen atoms in total. The van der Waals surface area contributed by atoms with Gasteiger partial charge in [-0.2, -0.15) is 0 Å². The van der Waals surface area contributed by atoms with Crippen LogP contribution in [0.3, 0.4) is 0 Å². The zero-order valence-corrected chi connectivity index (χ0v) is 8.93. The van der Waals surface area contributed by atoms with Crippen LogP contribution in [0.25, 0.3) is 0 Å². The molecule has 0 bridgehead atoms. The van der Waals surface area contributed by atoms with Crippen LogP contribution in [0.4, 0.5) is 5.82 Å². The number of halogens is 1. The smallest absolute Gasteiger partial charge is 0.145 e. The van der Waals surface area contributed by atoms with E-state index in [1.165, 1.54) is 0 Å². The third-order valence-corrected chi connectivity index (χ3v) is 2.85. The lowest BCUT2D eigenvalue weighted by Gasteiger charge is -2.25. The topological polar surface area (TPSA) is 37.0 Å². The van der Waals surface area contributed by atoms with Gasteiger partial charge < -0.3 is 10.6 Å². The highest BCUT2D eigenvalue weighted by Gasteiger charge is 2.28. The first-order chi connectivity index (χ1) is 6.70. The van der Waals surface area contributed by atoms with Gasteiger partial charge in [-0.3, -0.25) is 0 Å². The van der Waals surface area contributed by atoms with E-state index in [1.807, 2.05) is 12.1 Å². The molecule has 1 atom stereocenters. The average molecular weight is 212 g/mol. The third-order valence-electron chi connectivity index (χ3n) is 2.55. The standard InChI is InChI=1S/C10H14ClN3/c1-10(4-6-12-7-10)14-9-8(11)3-2-5-13-9/h2-3,5,12H,4,6-7H2,1H3,(H,13,14). The van der Waals surface area contributed by atoms with Gasteiger partial charge >= 0.3 is 0 Å². The van der Waals surface area contributed by atoms with Crippen molar-refractivity contribution in [3.05, 3.63) is 23.4 Å². The Morgan fingerprint density at radius 3 is 3.14 bits per heavy atom. The van der Waals surface area contributed by atoms with Gasteiger partial charge in [-0.1, -0.05) is 11.6 Å². The molecule has 0 saturated carbocycles. The highest BCUT2D eigenvalue weighted by molar-refractivity contribution is 6.32. The monoisotopic (exact) mass is 211 g/mol. The zero-order chi connectivity index (χ0) is 10.0. The van der Waals surface area contributed by atoms with Gasteiger partial charge in [0, 0.05) is 18.3 Å². The van der Waals surface area contributed by atoms with Crippen molar-refractivity contribution in [2.45, 2.75) is 18.9 Å². The Morgan fingerprint density at radius 1 is 1.64 bits per heavy atom.